The van der Waals surface area contributed by atoms with Gasteiger partial charge in [0, 0.05) is 7.05 Å². The van der Waals surface area contributed by atoms with Gasteiger partial charge in [0.2, 0.25) is 6.04 Å². The van der Waals surface area contributed by atoms with Gasteiger partial charge in [0.25, 0.3) is 0 Å². The molecule has 1 unspecified atom stereocenters. The van der Waals surface area contributed by atoms with Gasteiger partial charge in [0.15, 0.2) is 0 Å². The summed E-state index contributed by atoms with van der Waals surface area (Å²) in [6.07, 6.45) is 0. The molecule has 2 rings (SSSR count). The van der Waals surface area contributed by atoms with Crippen molar-refractivity contribution in [3.05, 3.63) is 41.6 Å². The Hall–Kier alpha value is -2.63. The Morgan fingerprint density at radius 1 is 1.33 bits per heavy atom. The average molecular weight is 290 g/mol. The van der Waals surface area contributed by atoms with Crippen molar-refractivity contribution in [3.63, 3.8) is 0 Å². The second kappa shape index (κ2) is 6.21. The zero-order valence-electron chi connectivity index (χ0n) is 11.6. The van der Waals surface area contributed by atoms with Gasteiger partial charge in [0.05, 0.1) is 7.11 Å². The van der Waals surface area contributed by atoms with Gasteiger partial charge in [-0.2, -0.15) is 5.06 Å². The lowest BCUT2D eigenvalue weighted by Gasteiger charge is -2.19. The first-order chi connectivity index (χ1) is 10.1. The molecule has 0 aromatic heterocycles. The molecule has 110 valence electrons. The van der Waals surface area contributed by atoms with Gasteiger partial charge >= 0.3 is 12.0 Å². The van der Waals surface area contributed by atoms with E-state index in [0.29, 0.717) is 0 Å². The second-order valence-corrected chi connectivity index (χ2v) is 4.34. The fraction of sp³-hybridized carbons (Fsp3) is 0.286. The van der Waals surface area contributed by atoms with Crippen molar-refractivity contribution in [1.82, 2.24) is 9.96 Å². The van der Waals surface area contributed by atoms with Gasteiger partial charge < -0.3 is 4.74 Å². The number of likely N-dealkylation sites (N-methyl/N-ethyl adjacent to an activating group) is 1. The maximum absolute atomic E-state index is 12.0. The average Bonchev–Trinajstić information content (AvgIpc) is 2.77. The maximum atomic E-state index is 12.0. The van der Waals surface area contributed by atoms with Crippen LogP contribution in [0.4, 0.5) is 4.79 Å². The second-order valence-electron chi connectivity index (χ2n) is 4.34. The summed E-state index contributed by atoms with van der Waals surface area (Å²) in [6.45, 7) is 0.0834. The van der Waals surface area contributed by atoms with Gasteiger partial charge in [-0.3, -0.25) is 9.74 Å². The van der Waals surface area contributed by atoms with Crippen molar-refractivity contribution >= 4 is 17.9 Å². The fourth-order valence-electron chi connectivity index (χ4n) is 1.95. The molecule has 1 heterocycles. The molecule has 0 saturated carbocycles. The van der Waals surface area contributed by atoms with E-state index in [1.54, 1.807) is 5.94 Å². The summed E-state index contributed by atoms with van der Waals surface area (Å²) in [5.41, 5.74) is 0.681. The summed E-state index contributed by atoms with van der Waals surface area (Å²) in [5.74, 6) is 0.822. The minimum atomic E-state index is -1.24. The summed E-state index contributed by atoms with van der Waals surface area (Å²) in [5, 5.41) is 0.832. The number of methoxy groups -OCH3 is 1. The minimum absolute atomic E-state index is 0.0834. The number of amides is 2. The number of urea groups is 1. The van der Waals surface area contributed by atoms with Crippen LogP contribution in [0.5, 0.6) is 0 Å². The molecule has 1 aromatic rings. The van der Waals surface area contributed by atoms with Crippen LogP contribution >= 0.6 is 0 Å². The number of carbonyl (C=O) groups is 2. The first-order valence-corrected chi connectivity index (χ1v) is 6.16. The Morgan fingerprint density at radius 2 is 2.00 bits per heavy atom. The van der Waals surface area contributed by atoms with Crippen molar-refractivity contribution in [1.29, 1.82) is 0 Å². The van der Waals surface area contributed by atoms with Gasteiger partial charge in [0.1, 0.15) is 18.2 Å². The number of ether oxygens (including phenoxy) is 1. The molecular formula is C14H14N2O5. The number of rotatable bonds is 4. The predicted molar refractivity (Wildman–Crippen MR) is 71.2 cm³/mol. The van der Waals surface area contributed by atoms with Crippen LogP contribution in [-0.2, 0) is 25.8 Å². The molecule has 1 aromatic carbocycles. The van der Waals surface area contributed by atoms with Gasteiger partial charge in [-0.1, -0.05) is 30.3 Å². The van der Waals surface area contributed by atoms with Crippen molar-refractivity contribution in [2.75, 3.05) is 14.2 Å². The van der Waals surface area contributed by atoms with Crippen LogP contribution in [0, 0.1) is 0 Å². The quantitative estimate of drug-likeness (QED) is 0.604. The predicted octanol–water partition coefficient (Wildman–Crippen LogP) is 0.743. The molecule has 1 fully saturated rings. The number of esters is 1. The minimum Gasteiger partial charge on any atom is -0.467 e. The SMILES string of the molecule is COC(=O)C1C(=C=O)N(C)C(=O)N1OCc1ccccc1. The lowest BCUT2D eigenvalue weighted by Crippen LogP contribution is -2.39. The standard InChI is InChI=1S/C14H14N2O5/c1-15-11(8-17)12(13(18)20-2)16(14(15)19)21-9-10-6-4-3-5-7-10/h3-7,12H,9H2,1-2H3. The largest absolute Gasteiger partial charge is 0.467 e. The molecule has 1 aliphatic heterocycles. The molecule has 0 spiro atoms. The van der Waals surface area contributed by atoms with E-state index in [0.717, 1.165) is 15.5 Å². The smallest absolute Gasteiger partial charge is 0.349 e. The van der Waals surface area contributed by atoms with Crippen LogP contribution in [0.3, 0.4) is 0 Å². The highest BCUT2D eigenvalue weighted by molar-refractivity contribution is 5.94. The molecule has 21 heavy (non-hydrogen) atoms. The number of benzene rings is 1. The summed E-state index contributed by atoms with van der Waals surface area (Å²) >= 11 is 0. The molecule has 1 aliphatic rings. The molecule has 1 atom stereocenters. The van der Waals surface area contributed by atoms with E-state index in [9.17, 15) is 14.4 Å². The van der Waals surface area contributed by atoms with Gasteiger partial charge in [-0.05, 0) is 5.56 Å². The lowest BCUT2D eigenvalue weighted by molar-refractivity contribution is -0.170. The van der Waals surface area contributed by atoms with Crippen LogP contribution in [0.2, 0.25) is 0 Å². The van der Waals surface area contributed by atoms with Crippen LogP contribution in [-0.4, -0.2) is 48.1 Å². The topological polar surface area (TPSA) is 76.2 Å². The molecule has 0 N–H and O–H groups in total. The molecule has 7 heteroatoms. The van der Waals surface area contributed by atoms with E-state index >= 15 is 0 Å². The van der Waals surface area contributed by atoms with Gasteiger partial charge in [-0.15, -0.1) is 0 Å². The van der Waals surface area contributed by atoms with E-state index in [4.69, 9.17) is 4.84 Å². The summed E-state index contributed by atoms with van der Waals surface area (Å²) in [4.78, 5) is 41.2. The van der Waals surface area contributed by atoms with Crippen LogP contribution in [0.25, 0.3) is 0 Å². The number of hydroxylamine groups is 2. The maximum Gasteiger partial charge on any atom is 0.349 e. The highest BCUT2D eigenvalue weighted by Gasteiger charge is 2.47. The monoisotopic (exact) mass is 290 g/mol. The Morgan fingerprint density at radius 3 is 2.57 bits per heavy atom. The molecule has 0 aliphatic carbocycles. The number of hydrogen-bond donors (Lipinski definition) is 0. The highest BCUT2D eigenvalue weighted by Crippen LogP contribution is 2.25. The van der Waals surface area contributed by atoms with Gasteiger partial charge in [-0.25, -0.2) is 14.4 Å². The molecule has 1 saturated heterocycles. The Labute approximate surface area is 121 Å². The third kappa shape index (κ3) is 2.79. The van der Waals surface area contributed by atoms with E-state index in [2.05, 4.69) is 4.74 Å². The van der Waals surface area contributed by atoms with E-state index in [1.807, 2.05) is 30.3 Å². The van der Waals surface area contributed by atoms with Crippen LogP contribution in [0.15, 0.2) is 36.0 Å². The Kier molecular flexibility index (Phi) is 4.37. The summed E-state index contributed by atoms with van der Waals surface area (Å²) < 4.78 is 4.61. The summed E-state index contributed by atoms with van der Waals surface area (Å²) in [6, 6.07) is 7.26. The third-order valence-electron chi connectivity index (χ3n) is 3.07. The molecule has 0 bridgehead atoms. The highest BCUT2D eigenvalue weighted by atomic mass is 16.7. The molecule has 7 nitrogen and oxygen atoms in total. The third-order valence-corrected chi connectivity index (χ3v) is 3.07. The first kappa shape index (κ1) is 14.8. The number of hydrogen-bond acceptors (Lipinski definition) is 5. The van der Waals surface area contributed by atoms with E-state index in [1.165, 1.54) is 14.2 Å². The number of carbonyl (C=O) groups excluding carboxylic acids is 3. The van der Waals surface area contributed by atoms with Crippen LogP contribution < -0.4 is 0 Å². The summed E-state index contributed by atoms with van der Waals surface area (Å²) in [7, 11) is 2.54. The molecule has 0 radical (unpaired) electrons. The molecule has 2 amide bonds. The zero-order valence-corrected chi connectivity index (χ0v) is 11.6. The molecular weight excluding hydrogens is 276 g/mol. The van der Waals surface area contributed by atoms with E-state index in [-0.39, 0.29) is 12.3 Å². The fourth-order valence-corrected chi connectivity index (χ4v) is 1.95. The van der Waals surface area contributed by atoms with Crippen LogP contribution in [0.1, 0.15) is 5.56 Å². The van der Waals surface area contributed by atoms with Crippen molar-refractivity contribution in [3.8, 4) is 0 Å². The Balaban J connectivity index is 2.21. The lowest BCUT2D eigenvalue weighted by atomic mass is 10.2. The first-order valence-electron chi connectivity index (χ1n) is 6.16. The van der Waals surface area contributed by atoms with Crippen molar-refractivity contribution in [2.45, 2.75) is 12.6 Å². The van der Waals surface area contributed by atoms with Crippen molar-refractivity contribution in [2.24, 2.45) is 0 Å². The Bertz CT molecular complexity index is 595. The normalized spacial score (nSPS) is 17.9. The number of nitrogens with zero attached hydrogens (tertiary/aromatic N) is 2. The van der Waals surface area contributed by atoms with E-state index < -0.39 is 18.0 Å². The zero-order chi connectivity index (χ0) is 15.4. The van der Waals surface area contributed by atoms with Crippen molar-refractivity contribution < 1.29 is 24.0 Å².